The standard InChI is InChI=1S/C17H22N6O2/c1-3-23(4-2)9-5-8-18-11-6-7-12-13(10-11)20-15-14(19-12)16(24)22-17(25)21-15/h6-7,10,18H,3-5,8-9H2,1-2H3,(H2,20,21,22,24,25). The fourth-order valence-electron chi connectivity index (χ4n) is 2.79. The van der Waals surface area contributed by atoms with Gasteiger partial charge in [-0.05, 0) is 44.3 Å². The van der Waals surface area contributed by atoms with E-state index in [0.717, 1.165) is 38.3 Å². The molecule has 0 fully saturated rings. The lowest BCUT2D eigenvalue weighted by atomic mass is 10.2. The first-order valence-corrected chi connectivity index (χ1v) is 8.51. The van der Waals surface area contributed by atoms with E-state index in [-0.39, 0.29) is 11.2 Å². The predicted octanol–water partition coefficient (Wildman–Crippen LogP) is 1.30. The van der Waals surface area contributed by atoms with Crippen LogP contribution in [0.25, 0.3) is 22.2 Å². The highest BCUT2D eigenvalue weighted by Gasteiger charge is 2.07. The molecule has 3 aromatic rings. The molecule has 0 unspecified atom stereocenters. The first-order valence-electron chi connectivity index (χ1n) is 8.51. The van der Waals surface area contributed by atoms with E-state index in [1.165, 1.54) is 0 Å². The van der Waals surface area contributed by atoms with Crippen LogP contribution in [0.3, 0.4) is 0 Å². The number of H-pyrrole nitrogens is 2. The van der Waals surface area contributed by atoms with Crippen LogP contribution in [-0.4, -0.2) is 51.0 Å². The first-order chi connectivity index (χ1) is 12.1. The normalized spacial score (nSPS) is 11.5. The molecule has 3 rings (SSSR count). The van der Waals surface area contributed by atoms with Gasteiger partial charge in [0.2, 0.25) is 0 Å². The molecule has 2 heterocycles. The summed E-state index contributed by atoms with van der Waals surface area (Å²) in [7, 11) is 0. The van der Waals surface area contributed by atoms with Crippen molar-refractivity contribution in [3.63, 3.8) is 0 Å². The van der Waals surface area contributed by atoms with Crippen LogP contribution >= 0.6 is 0 Å². The Morgan fingerprint density at radius 2 is 1.88 bits per heavy atom. The second kappa shape index (κ2) is 7.43. The van der Waals surface area contributed by atoms with Crippen LogP contribution in [0.15, 0.2) is 27.8 Å². The fourth-order valence-corrected chi connectivity index (χ4v) is 2.79. The molecule has 0 spiro atoms. The van der Waals surface area contributed by atoms with Crippen molar-refractivity contribution in [3.05, 3.63) is 39.0 Å². The van der Waals surface area contributed by atoms with Gasteiger partial charge in [-0.25, -0.2) is 14.8 Å². The van der Waals surface area contributed by atoms with E-state index >= 15 is 0 Å². The van der Waals surface area contributed by atoms with Crippen LogP contribution in [0.2, 0.25) is 0 Å². The summed E-state index contributed by atoms with van der Waals surface area (Å²) in [6.45, 7) is 8.37. The van der Waals surface area contributed by atoms with Gasteiger partial charge in [-0.3, -0.25) is 14.8 Å². The van der Waals surface area contributed by atoms with Crippen molar-refractivity contribution < 1.29 is 0 Å². The summed E-state index contributed by atoms with van der Waals surface area (Å²) in [4.78, 5) is 38.9. The molecule has 1 aromatic carbocycles. The fraction of sp³-hybridized carbons (Fsp3) is 0.412. The number of benzene rings is 1. The molecule has 0 aliphatic rings. The van der Waals surface area contributed by atoms with Gasteiger partial charge in [-0.1, -0.05) is 13.8 Å². The van der Waals surface area contributed by atoms with Crippen LogP contribution in [0, 0.1) is 0 Å². The lowest BCUT2D eigenvalue weighted by Gasteiger charge is -2.17. The van der Waals surface area contributed by atoms with Crippen LogP contribution in [-0.2, 0) is 0 Å². The summed E-state index contributed by atoms with van der Waals surface area (Å²) in [6.07, 6.45) is 1.05. The van der Waals surface area contributed by atoms with E-state index in [9.17, 15) is 9.59 Å². The molecule has 0 aliphatic heterocycles. The highest BCUT2D eigenvalue weighted by Crippen LogP contribution is 2.17. The Labute approximate surface area is 144 Å². The molecule has 2 aromatic heterocycles. The molecule has 3 N–H and O–H groups in total. The van der Waals surface area contributed by atoms with Crippen molar-refractivity contribution in [1.29, 1.82) is 0 Å². The third-order valence-corrected chi connectivity index (χ3v) is 4.21. The maximum absolute atomic E-state index is 11.8. The number of fused-ring (bicyclic) bond motifs is 2. The van der Waals surface area contributed by atoms with Crippen LogP contribution < -0.4 is 16.6 Å². The average Bonchev–Trinajstić information content (AvgIpc) is 2.60. The van der Waals surface area contributed by atoms with Crippen LogP contribution in [0.5, 0.6) is 0 Å². The molecule has 8 nitrogen and oxygen atoms in total. The number of hydrogen-bond donors (Lipinski definition) is 3. The molecule has 0 radical (unpaired) electrons. The number of hydrogen-bond acceptors (Lipinski definition) is 6. The largest absolute Gasteiger partial charge is 0.385 e. The molecule has 132 valence electrons. The molecule has 0 bridgehead atoms. The van der Waals surface area contributed by atoms with Crippen molar-refractivity contribution in [1.82, 2.24) is 24.8 Å². The molecular formula is C17H22N6O2. The number of aromatic nitrogens is 4. The molecule has 0 saturated carbocycles. The van der Waals surface area contributed by atoms with Crippen molar-refractivity contribution in [3.8, 4) is 0 Å². The number of nitrogens with one attached hydrogen (secondary N) is 3. The quantitative estimate of drug-likeness (QED) is 0.441. The zero-order chi connectivity index (χ0) is 17.8. The maximum atomic E-state index is 11.8. The Balaban J connectivity index is 1.79. The Hall–Kier alpha value is -2.74. The van der Waals surface area contributed by atoms with E-state index in [2.05, 4.69) is 44.0 Å². The summed E-state index contributed by atoms with van der Waals surface area (Å²) in [5.74, 6) is 0. The van der Waals surface area contributed by atoms with Gasteiger partial charge in [0.15, 0.2) is 11.2 Å². The molecule has 25 heavy (non-hydrogen) atoms. The Morgan fingerprint density at radius 1 is 1.08 bits per heavy atom. The number of nitrogens with zero attached hydrogens (tertiary/aromatic N) is 3. The molecule has 0 atom stereocenters. The molecule has 0 saturated heterocycles. The van der Waals surface area contributed by atoms with Crippen molar-refractivity contribution in [2.45, 2.75) is 20.3 Å². The van der Waals surface area contributed by atoms with Gasteiger partial charge in [-0.2, -0.15) is 0 Å². The van der Waals surface area contributed by atoms with Crippen molar-refractivity contribution >= 4 is 27.9 Å². The van der Waals surface area contributed by atoms with Crippen LogP contribution in [0.1, 0.15) is 20.3 Å². The summed E-state index contributed by atoms with van der Waals surface area (Å²) in [5.41, 5.74) is 1.38. The molecular weight excluding hydrogens is 320 g/mol. The highest BCUT2D eigenvalue weighted by atomic mass is 16.2. The summed E-state index contributed by atoms with van der Waals surface area (Å²) >= 11 is 0. The number of rotatable bonds is 7. The van der Waals surface area contributed by atoms with Gasteiger partial charge in [-0.15, -0.1) is 0 Å². The maximum Gasteiger partial charge on any atom is 0.327 e. The third-order valence-electron chi connectivity index (χ3n) is 4.21. The lowest BCUT2D eigenvalue weighted by molar-refractivity contribution is 0.303. The predicted molar refractivity (Wildman–Crippen MR) is 99.2 cm³/mol. The summed E-state index contributed by atoms with van der Waals surface area (Å²) in [6, 6.07) is 5.61. The zero-order valence-corrected chi connectivity index (χ0v) is 14.4. The number of aromatic amines is 2. The van der Waals surface area contributed by atoms with Gasteiger partial charge in [0, 0.05) is 12.2 Å². The van der Waals surface area contributed by atoms with E-state index in [1.807, 2.05) is 18.2 Å². The molecule has 0 aliphatic carbocycles. The minimum atomic E-state index is -0.586. The third kappa shape index (κ3) is 3.85. The monoisotopic (exact) mass is 342 g/mol. The average molecular weight is 342 g/mol. The smallest absolute Gasteiger partial charge is 0.327 e. The summed E-state index contributed by atoms with van der Waals surface area (Å²) in [5, 5.41) is 3.38. The van der Waals surface area contributed by atoms with Gasteiger partial charge in [0.25, 0.3) is 5.56 Å². The number of anilines is 1. The van der Waals surface area contributed by atoms with E-state index in [1.54, 1.807) is 0 Å². The van der Waals surface area contributed by atoms with Gasteiger partial charge >= 0.3 is 5.69 Å². The zero-order valence-electron chi connectivity index (χ0n) is 14.4. The highest BCUT2D eigenvalue weighted by molar-refractivity contribution is 5.85. The molecule has 8 heteroatoms. The van der Waals surface area contributed by atoms with E-state index in [4.69, 9.17) is 0 Å². The molecule has 0 amide bonds. The summed E-state index contributed by atoms with van der Waals surface area (Å²) < 4.78 is 0. The van der Waals surface area contributed by atoms with Crippen molar-refractivity contribution in [2.24, 2.45) is 0 Å². The SMILES string of the molecule is CCN(CC)CCCNc1ccc2nc3c(=O)[nH]c(=O)[nH]c3nc2c1. The van der Waals surface area contributed by atoms with E-state index in [0.29, 0.717) is 11.0 Å². The second-order valence-corrected chi connectivity index (χ2v) is 5.84. The van der Waals surface area contributed by atoms with Crippen LogP contribution in [0.4, 0.5) is 5.69 Å². The second-order valence-electron chi connectivity index (χ2n) is 5.84. The lowest BCUT2D eigenvalue weighted by Crippen LogP contribution is -2.25. The van der Waals surface area contributed by atoms with Gasteiger partial charge in [0.1, 0.15) is 0 Å². The minimum absolute atomic E-state index is 0.132. The van der Waals surface area contributed by atoms with Crippen molar-refractivity contribution in [2.75, 3.05) is 31.5 Å². The minimum Gasteiger partial charge on any atom is -0.385 e. The Morgan fingerprint density at radius 3 is 2.64 bits per heavy atom. The van der Waals surface area contributed by atoms with Gasteiger partial charge < -0.3 is 10.2 Å². The Kier molecular flexibility index (Phi) is 5.08. The first kappa shape index (κ1) is 17.1. The van der Waals surface area contributed by atoms with Gasteiger partial charge in [0.05, 0.1) is 11.0 Å². The Bertz CT molecular complexity index is 990. The van der Waals surface area contributed by atoms with E-state index < -0.39 is 11.2 Å². The topological polar surface area (TPSA) is 107 Å².